The minimum Gasteiger partial charge on any atom is -0.361 e. The molecule has 0 atom stereocenters. The Balaban J connectivity index is 1.95. The van der Waals surface area contributed by atoms with Crippen LogP contribution >= 0.6 is 0 Å². The largest absolute Gasteiger partial charge is 0.361 e. The molecule has 0 saturated heterocycles. The molecule has 2 N–H and O–H groups in total. The van der Waals surface area contributed by atoms with Gasteiger partial charge in [0.15, 0.2) is 0 Å². The Hall–Kier alpha value is -2.63. The maximum absolute atomic E-state index is 12.1. The van der Waals surface area contributed by atoms with E-state index in [4.69, 9.17) is 4.52 Å². The molecule has 0 bridgehead atoms. The van der Waals surface area contributed by atoms with Crippen molar-refractivity contribution < 1.29 is 14.1 Å². The second-order valence-corrected chi connectivity index (χ2v) is 5.29. The van der Waals surface area contributed by atoms with E-state index in [0.29, 0.717) is 30.6 Å². The van der Waals surface area contributed by atoms with Gasteiger partial charge in [0, 0.05) is 29.8 Å². The molecule has 23 heavy (non-hydrogen) atoms. The third kappa shape index (κ3) is 4.42. The number of anilines is 1. The van der Waals surface area contributed by atoms with Gasteiger partial charge in [-0.25, -0.2) is 0 Å². The first-order valence-corrected chi connectivity index (χ1v) is 7.61. The van der Waals surface area contributed by atoms with Crippen LogP contribution < -0.4 is 10.6 Å². The zero-order valence-electron chi connectivity index (χ0n) is 13.6. The summed E-state index contributed by atoms with van der Waals surface area (Å²) in [5, 5.41) is 9.42. The molecule has 2 rings (SSSR count). The van der Waals surface area contributed by atoms with E-state index in [2.05, 4.69) is 15.8 Å². The number of rotatable bonds is 6. The fourth-order valence-corrected chi connectivity index (χ4v) is 2.32. The number of benzene rings is 1. The summed E-state index contributed by atoms with van der Waals surface area (Å²) in [5.41, 5.74) is 2.91. The Morgan fingerprint density at radius 2 is 2.04 bits per heavy atom. The first-order chi connectivity index (χ1) is 11.0. The molecule has 0 fully saturated rings. The summed E-state index contributed by atoms with van der Waals surface area (Å²) in [5.74, 6) is 0.478. The van der Waals surface area contributed by atoms with Gasteiger partial charge in [-0.3, -0.25) is 9.59 Å². The minimum atomic E-state index is -0.153. The number of hydrogen-bond donors (Lipinski definition) is 2. The van der Waals surface area contributed by atoms with Crippen LogP contribution in [0.4, 0.5) is 5.69 Å². The maximum Gasteiger partial charge on any atom is 0.251 e. The topological polar surface area (TPSA) is 84.2 Å². The summed E-state index contributed by atoms with van der Waals surface area (Å²) in [4.78, 5) is 23.9. The van der Waals surface area contributed by atoms with Gasteiger partial charge in [0.25, 0.3) is 5.91 Å². The zero-order chi connectivity index (χ0) is 16.8. The van der Waals surface area contributed by atoms with Gasteiger partial charge in [-0.15, -0.1) is 0 Å². The minimum absolute atomic E-state index is 0.113. The van der Waals surface area contributed by atoms with Gasteiger partial charge in [-0.1, -0.05) is 11.2 Å². The average Bonchev–Trinajstić information content (AvgIpc) is 2.84. The number of aryl methyl sites for hydroxylation is 2. The Morgan fingerprint density at radius 3 is 2.70 bits per heavy atom. The van der Waals surface area contributed by atoms with Crippen LogP contribution in [0.25, 0.3) is 0 Å². The van der Waals surface area contributed by atoms with Crippen molar-refractivity contribution in [2.45, 2.75) is 33.6 Å². The van der Waals surface area contributed by atoms with Crippen molar-refractivity contribution in [3.63, 3.8) is 0 Å². The Morgan fingerprint density at radius 1 is 1.26 bits per heavy atom. The molecule has 1 aromatic heterocycles. The monoisotopic (exact) mass is 315 g/mol. The van der Waals surface area contributed by atoms with Crippen LogP contribution in [0.5, 0.6) is 0 Å². The molecule has 2 aromatic rings. The van der Waals surface area contributed by atoms with Gasteiger partial charge in [0.2, 0.25) is 5.91 Å². The van der Waals surface area contributed by atoms with E-state index >= 15 is 0 Å². The van der Waals surface area contributed by atoms with Crippen molar-refractivity contribution in [1.82, 2.24) is 10.5 Å². The summed E-state index contributed by atoms with van der Waals surface area (Å²) in [7, 11) is 0. The summed E-state index contributed by atoms with van der Waals surface area (Å²) in [6.07, 6.45) is 0.900. The normalized spacial score (nSPS) is 10.4. The highest BCUT2D eigenvalue weighted by Gasteiger charge is 2.12. The van der Waals surface area contributed by atoms with Crippen LogP contribution in [0.1, 0.15) is 40.7 Å². The van der Waals surface area contributed by atoms with Gasteiger partial charge >= 0.3 is 0 Å². The van der Waals surface area contributed by atoms with Gasteiger partial charge in [0.05, 0.1) is 5.69 Å². The van der Waals surface area contributed by atoms with Gasteiger partial charge < -0.3 is 15.2 Å². The van der Waals surface area contributed by atoms with E-state index in [-0.39, 0.29) is 11.8 Å². The Bertz CT molecular complexity index is 687. The van der Waals surface area contributed by atoms with Crippen molar-refractivity contribution >= 4 is 17.5 Å². The average molecular weight is 315 g/mol. The van der Waals surface area contributed by atoms with Crippen molar-refractivity contribution in [3.05, 3.63) is 46.8 Å². The predicted molar refractivity (Wildman–Crippen MR) is 87.4 cm³/mol. The lowest BCUT2D eigenvalue weighted by atomic mass is 10.1. The second kappa shape index (κ2) is 7.58. The lowest BCUT2D eigenvalue weighted by molar-refractivity contribution is -0.116. The summed E-state index contributed by atoms with van der Waals surface area (Å²) < 4.78 is 5.08. The number of carbonyl (C=O) groups excluding carboxylic acids is 2. The fourth-order valence-electron chi connectivity index (χ4n) is 2.32. The van der Waals surface area contributed by atoms with Crippen molar-refractivity contribution in [3.8, 4) is 0 Å². The molecule has 122 valence electrons. The lowest BCUT2D eigenvalue weighted by Crippen LogP contribution is -2.22. The molecule has 0 saturated carbocycles. The van der Waals surface area contributed by atoms with E-state index < -0.39 is 0 Å². The van der Waals surface area contributed by atoms with Crippen LogP contribution in [0.15, 0.2) is 28.8 Å². The Labute approximate surface area is 135 Å². The number of nitrogens with zero attached hydrogens (tertiary/aromatic N) is 1. The van der Waals surface area contributed by atoms with Crippen molar-refractivity contribution in [1.29, 1.82) is 0 Å². The van der Waals surface area contributed by atoms with Crippen LogP contribution in [-0.2, 0) is 11.2 Å². The molecule has 1 heterocycles. The number of hydrogen-bond acceptors (Lipinski definition) is 4. The highest BCUT2D eigenvalue weighted by molar-refractivity contribution is 5.97. The molecule has 6 nitrogen and oxygen atoms in total. The third-order valence-electron chi connectivity index (χ3n) is 3.53. The number of nitrogens with one attached hydrogen (secondary N) is 2. The molecule has 2 amide bonds. The van der Waals surface area contributed by atoms with E-state index in [1.165, 1.54) is 0 Å². The lowest BCUT2D eigenvalue weighted by Gasteiger charge is -2.07. The number of carbonyl (C=O) groups is 2. The highest BCUT2D eigenvalue weighted by atomic mass is 16.5. The van der Waals surface area contributed by atoms with Crippen molar-refractivity contribution in [2.75, 3.05) is 11.9 Å². The molecule has 1 aromatic carbocycles. The first-order valence-electron chi connectivity index (χ1n) is 7.61. The molecular formula is C17H21N3O3. The van der Waals surface area contributed by atoms with Gasteiger partial charge in [-0.2, -0.15) is 0 Å². The molecule has 0 aliphatic carbocycles. The smallest absolute Gasteiger partial charge is 0.251 e. The van der Waals surface area contributed by atoms with Crippen molar-refractivity contribution in [2.24, 2.45) is 0 Å². The maximum atomic E-state index is 12.1. The molecule has 0 aliphatic rings. The third-order valence-corrected chi connectivity index (χ3v) is 3.53. The summed E-state index contributed by atoms with van der Waals surface area (Å²) in [6, 6.07) is 6.88. The number of aromatic nitrogens is 1. The van der Waals surface area contributed by atoms with Crippen LogP contribution in [-0.4, -0.2) is 23.5 Å². The van der Waals surface area contributed by atoms with E-state index in [0.717, 1.165) is 17.0 Å². The highest BCUT2D eigenvalue weighted by Crippen LogP contribution is 2.15. The SMILES string of the molecule is CCNC(=O)c1cccc(NC(=O)CCc2c(C)noc2C)c1. The molecule has 6 heteroatoms. The molecule has 0 radical (unpaired) electrons. The van der Waals surface area contributed by atoms with Gasteiger partial charge in [-0.05, 0) is 45.4 Å². The zero-order valence-corrected chi connectivity index (χ0v) is 13.6. The Kier molecular flexibility index (Phi) is 5.51. The van der Waals surface area contributed by atoms with Crippen LogP contribution in [0.3, 0.4) is 0 Å². The van der Waals surface area contributed by atoms with Gasteiger partial charge in [0.1, 0.15) is 5.76 Å². The standard InChI is InChI=1S/C17H21N3O3/c1-4-18-17(22)13-6-5-7-14(10-13)19-16(21)9-8-15-11(2)20-23-12(15)3/h5-7,10H,4,8-9H2,1-3H3,(H,18,22)(H,19,21). The first kappa shape index (κ1) is 16.7. The van der Waals surface area contributed by atoms with Crippen LogP contribution in [0.2, 0.25) is 0 Å². The van der Waals surface area contributed by atoms with E-state index in [1.54, 1.807) is 24.3 Å². The second-order valence-electron chi connectivity index (χ2n) is 5.29. The number of amides is 2. The summed E-state index contributed by atoms with van der Waals surface area (Å²) in [6.45, 7) is 6.12. The molecular weight excluding hydrogens is 294 g/mol. The van der Waals surface area contributed by atoms with E-state index in [9.17, 15) is 9.59 Å². The van der Waals surface area contributed by atoms with E-state index in [1.807, 2.05) is 20.8 Å². The predicted octanol–water partition coefficient (Wildman–Crippen LogP) is 2.61. The van der Waals surface area contributed by atoms with Crippen LogP contribution in [0, 0.1) is 13.8 Å². The molecule has 0 aliphatic heterocycles. The molecule has 0 unspecified atom stereocenters. The molecule has 0 spiro atoms. The fraction of sp³-hybridized carbons (Fsp3) is 0.353. The quantitative estimate of drug-likeness (QED) is 0.858. The summed E-state index contributed by atoms with van der Waals surface area (Å²) >= 11 is 0.